The van der Waals surface area contributed by atoms with Crippen molar-refractivity contribution in [3.63, 3.8) is 0 Å². The van der Waals surface area contributed by atoms with E-state index >= 15 is 0 Å². The molecule has 3 heterocycles. The second-order valence-electron chi connectivity index (χ2n) is 7.04. The average Bonchev–Trinajstić information content (AvgIpc) is 3.36. The molecule has 0 amide bonds. The number of anilines is 1. The molecule has 1 aromatic rings. The number of nitrogens with one attached hydrogen (secondary N) is 2. The van der Waals surface area contributed by atoms with E-state index in [0.29, 0.717) is 17.0 Å². The van der Waals surface area contributed by atoms with Gasteiger partial charge < -0.3 is 25.0 Å². The summed E-state index contributed by atoms with van der Waals surface area (Å²) in [5, 5.41) is 7.55. The first kappa shape index (κ1) is 23.4. The van der Waals surface area contributed by atoms with E-state index in [1.807, 2.05) is 12.1 Å². The van der Waals surface area contributed by atoms with Crippen LogP contribution in [0.1, 0.15) is 19.3 Å². The molecular weight excluding hydrogens is 493 g/mol. The Morgan fingerprint density at radius 3 is 3.11 bits per heavy atom. The third kappa shape index (κ3) is 7.20. The second kappa shape index (κ2) is 12.7. The molecule has 2 N–H and O–H groups in total. The molecule has 2 unspecified atom stereocenters. The van der Waals surface area contributed by atoms with Crippen molar-refractivity contribution in [3.8, 4) is 0 Å². The Hall–Kier alpha value is -0.840. The largest absolute Gasteiger partial charge is 0.381 e. The first-order chi connectivity index (χ1) is 13.3. The molecule has 28 heavy (non-hydrogen) atoms. The summed E-state index contributed by atoms with van der Waals surface area (Å²) in [6.45, 7) is 5.92. The van der Waals surface area contributed by atoms with Crippen LogP contribution in [-0.2, 0) is 9.47 Å². The summed E-state index contributed by atoms with van der Waals surface area (Å²) in [7, 11) is 1.80. The standard InChI is InChI=1S/C19H30ClN5O2.HI/c1-21-19(23-8-3-10-26-13-15-6-11-27-14-15)24-16-5-9-25(12-16)18-17(20)4-2-7-22-18;/h2,4,7,15-16H,3,5-6,8-14H2,1H3,(H2,21,23,24);1H. The lowest BCUT2D eigenvalue weighted by molar-refractivity contribution is 0.0888. The van der Waals surface area contributed by atoms with Crippen LogP contribution in [0.25, 0.3) is 0 Å². The highest BCUT2D eigenvalue weighted by Gasteiger charge is 2.25. The monoisotopic (exact) mass is 523 g/mol. The number of hydrogen-bond acceptors (Lipinski definition) is 5. The van der Waals surface area contributed by atoms with Gasteiger partial charge in [0.15, 0.2) is 5.96 Å². The van der Waals surface area contributed by atoms with E-state index in [4.69, 9.17) is 21.1 Å². The Morgan fingerprint density at radius 1 is 1.46 bits per heavy atom. The lowest BCUT2D eigenvalue weighted by Crippen LogP contribution is -2.45. The summed E-state index contributed by atoms with van der Waals surface area (Å²) in [5.74, 6) is 2.26. The molecular formula is C19H31ClIN5O2. The average molecular weight is 524 g/mol. The molecule has 0 spiro atoms. The first-order valence-corrected chi connectivity index (χ1v) is 10.1. The van der Waals surface area contributed by atoms with E-state index < -0.39 is 0 Å². The summed E-state index contributed by atoms with van der Waals surface area (Å²) in [6.07, 6.45) is 4.88. The lowest BCUT2D eigenvalue weighted by Gasteiger charge is -2.20. The van der Waals surface area contributed by atoms with E-state index in [1.54, 1.807) is 13.2 Å². The van der Waals surface area contributed by atoms with Gasteiger partial charge in [-0.3, -0.25) is 4.99 Å². The molecule has 0 aliphatic carbocycles. The summed E-state index contributed by atoms with van der Waals surface area (Å²) in [4.78, 5) is 10.9. The van der Waals surface area contributed by atoms with Gasteiger partial charge in [-0.15, -0.1) is 24.0 Å². The van der Waals surface area contributed by atoms with Gasteiger partial charge in [-0.05, 0) is 31.4 Å². The second-order valence-corrected chi connectivity index (χ2v) is 7.45. The third-order valence-electron chi connectivity index (χ3n) is 4.93. The minimum atomic E-state index is 0. The highest BCUT2D eigenvalue weighted by Crippen LogP contribution is 2.25. The van der Waals surface area contributed by atoms with Crippen molar-refractivity contribution in [1.82, 2.24) is 15.6 Å². The fourth-order valence-corrected chi connectivity index (χ4v) is 3.66. The maximum Gasteiger partial charge on any atom is 0.191 e. The highest BCUT2D eigenvalue weighted by molar-refractivity contribution is 14.0. The van der Waals surface area contributed by atoms with Crippen LogP contribution in [-0.4, -0.2) is 70.1 Å². The zero-order valence-electron chi connectivity index (χ0n) is 16.4. The predicted octanol–water partition coefficient (Wildman–Crippen LogP) is 2.54. The van der Waals surface area contributed by atoms with Crippen molar-refractivity contribution < 1.29 is 9.47 Å². The lowest BCUT2D eigenvalue weighted by atomic mass is 10.1. The van der Waals surface area contributed by atoms with Crippen molar-refractivity contribution in [2.45, 2.75) is 25.3 Å². The number of halogens is 2. The molecule has 1 aromatic heterocycles. The Labute approximate surface area is 189 Å². The van der Waals surface area contributed by atoms with Gasteiger partial charge in [-0.1, -0.05) is 11.6 Å². The molecule has 2 aliphatic rings. The Bertz CT molecular complexity index is 616. The third-order valence-corrected chi connectivity index (χ3v) is 5.22. The molecule has 0 saturated carbocycles. The maximum absolute atomic E-state index is 6.26. The number of nitrogens with zero attached hydrogens (tertiary/aromatic N) is 3. The topological polar surface area (TPSA) is 71.0 Å². The molecule has 0 aromatic carbocycles. The van der Waals surface area contributed by atoms with Crippen molar-refractivity contribution in [1.29, 1.82) is 0 Å². The summed E-state index contributed by atoms with van der Waals surface area (Å²) in [6, 6.07) is 4.06. The van der Waals surface area contributed by atoms with Gasteiger partial charge in [0.25, 0.3) is 0 Å². The molecule has 0 radical (unpaired) electrons. The maximum atomic E-state index is 6.26. The fraction of sp³-hybridized carbons (Fsp3) is 0.684. The Balaban J connectivity index is 0.00000280. The molecule has 2 aliphatic heterocycles. The van der Waals surface area contributed by atoms with Crippen molar-refractivity contribution in [2.24, 2.45) is 10.9 Å². The summed E-state index contributed by atoms with van der Waals surface area (Å²) < 4.78 is 11.1. The number of pyridine rings is 1. The van der Waals surface area contributed by atoms with E-state index in [-0.39, 0.29) is 24.0 Å². The van der Waals surface area contributed by atoms with E-state index in [0.717, 1.165) is 77.1 Å². The number of hydrogen-bond donors (Lipinski definition) is 2. The van der Waals surface area contributed by atoms with Gasteiger partial charge in [-0.25, -0.2) is 4.98 Å². The highest BCUT2D eigenvalue weighted by atomic mass is 127. The van der Waals surface area contributed by atoms with Gasteiger partial charge in [0.1, 0.15) is 5.82 Å². The minimum Gasteiger partial charge on any atom is -0.381 e. The summed E-state index contributed by atoms with van der Waals surface area (Å²) >= 11 is 6.26. The molecule has 9 heteroatoms. The van der Waals surface area contributed by atoms with Gasteiger partial charge in [0.2, 0.25) is 0 Å². The zero-order valence-corrected chi connectivity index (χ0v) is 19.5. The number of ether oxygens (including phenoxy) is 2. The van der Waals surface area contributed by atoms with E-state index in [9.17, 15) is 0 Å². The normalized spacial score (nSPS) is 22.2. The van der Waals surface area contributed by atoms with Crippen LogP contribution >= 0.6 is 35.6 Å². The van der Waals surface area contributed by atoms with Gasteiger partial charge >= 0.3 is 0 Å². The van der Waals surface area contributed by atoms with Crippen molar-refractivity contribution in [3.05, 3.63) is 23.4 Å². The van der Waals surface area contributed by atoms with E-state index in [1.165, 1.54) is 0 Å². The van der Waals surface area contributed by atoms with E-state index in [2.05, 4.69) is 25.5 Å². The predicted molar refractivity (Wildman–Crippen MR) is 124 cm³/mol. The smallest absolute Gasteiger partial charge is 0.191 e. The van der Waals surface area contributed by atoms with Crippen LogP contribution in [0, 0.1) is 5.92 Å². The first-order valence-electron chi connectivity index (χ1n) is 9.74. The van der Waals surface area contributed by atoms with Crippen LogP contribution in [0.4, 0.5) is 5.82 Å². The molecule has 3 rings (SSSR count). The van der Waals surface area contributed by atoms with Gasteiger partial charge in [-0.2, -0.15) is 0 Å². The molecule has 7 nitrogen and oxygen atoms in total. The minimum absolute atomic E-state index is 0. The number of guanidine groups is 1. The number of aromatic nitrogens is 1. The molecule has 2 atom stereocenters. The Kier molecular flexibility index (Phi) is 10.6. The van der Waals surface area contributed by atoms with Crippen LogP contribution in [0.2, 0.25) is 5.02 Å². The van der Waals surface area contributed by atoms with Gasteiger partial charge in [0, 0.05) is 58.1 Å². The number of aliphatic imine (C=N–C) groups is 1. The quantitative estimate of drug-likeness (QED) is 0.236. The van der Waals surface area contributed by atoms with Gasteiger partial charge in [0.05, 0.1) is 18.2 Å². The van der Waals surface area contributed by atoms with Crippen LogP contribution in [0.15, 0.2) is 23.3 Å². The van der Waals surface area contributed by atoms with Crippen LogP contribution < -0.4 is 15.5 Å². The fourth-order valence-electron chi connectivity index (χ4n) is 3.41. The Morgan fingerprint density at radius 2 is 2.36 bits per heavy atom. The number of rotatable bonds is 8. The molecule has 158 valence electrons. The summed E-state index contributed by atoms with van der Waals surface area (Å²) in [5.41, 5.74) is 0. The van der Waals surface area contributed by atoms with Crippen molar-refractivity contribution >= 4 is 47.4 Å². The van der Waals surface area contributed by atoms with Crippen LogP contribution in [0.5, 0.6) is 0 Å². The van der Waals surface area contributed by atoms with Crippen molar-refractivity contribution in [2.75, 3.05) is 58.0 Å². The van der Waals surface area contributed by atoms with Crippen LogP contribution in [0.3, 0.4) is 0 Å². The zero-order chi connectivity index (χ0) is 18.9. The molecule has 2 fully saturated rings. The molecule has 0 bridgehead atoms. The SMILES string of the molecule is CN=C(NCCCOCC1CCOC1)NC1CCN(c2ncccc2Cl)C1.I. The molecule has 2 saturated heterocycles.